The highest BCUT2D eigenvalue weighted by Gasteiger charge is 2.36. The highest BCUT2D eigenvalue weighted by Crippen LogP contribution is 2.27. The van der Waals surface area contributed by atoms with Crippen molar-refractivity contribution in [3.05, 3.63) is 0 Å². The molecule has 16 heavy (non-hydrogen) atoms. The van der Waals surface area contributed by atoms with Gasteiger partial charge in [0, 0.05) is 12.1 Å². The van der Waals surface area contributed by atoms with Gasteiger partial charge in [-0.2, -0.15) is 0 Å². The molecule has 1 unspecified atom stereocenters. The molecule has 0 bridgehead atoms. The molecule has 0 aromatic carbocycles. The highest BCUT2D eigenvalue weighted by atomic mass is 32.2. The molecular weight excluding hydrogens is 226 g/mol. The number of aliphatic hydroxyl groups excluding tert-OH is 1. The standard InChI is InChI=1S/C11H21NO3S/c1-12(9-6-7-16(14,15)8-9)10-4-2-3-5-11(10)13/h9-11,13H,2-8H2,1H3/t9?,10-,11-/m1/s1. The maximum absolute atomic E-state index is 11.4. The third kappa shape index (κ3) is 2.57. The minimum absolute atomic E-state index is 0.114. The minimum atomic E-state index is -2.82. The van der Waals surface area contributed by atoms with Crippen LogP contribution in [0.15, 0.2) is 0 Å². The molecule has 1 saturated carbocycles. The molecule has 94 valence electrons. The number of rotatable bonds is 2. The van der Waals surface area contributed by atoms with Gasteiger partial charge < -0.3 is 5.11 Å². The van der Waals surface area contributed by atoms with Crippen LogP contribution in [-0.2, 0) is 9.84 Å². The minimum Gasteiger partial charge on any atom is -0.391 e. The van der Waals surface area contributed by atoms with E-state index in [1.807, 2.05) is 7.05 Å². The van der Waals surface area contributed by atoms with Crippen LogP contribution in [0.2, 0.25) is 0 Å². The lowest BCUT2D eigenvalue weighted by atomic mass is 9.91. The molecule has 2 fully saturated rings. The molecule has 1 saturated heterocycles. The molecule has 4 nitrogen and oxygen atoms in total. The zero-order valence-corrected chi connectivity index (χ0v) is 10.6. The average molecular weight is 247 g/mol. The van der Waals surface area contributed by atoms with Crippen molar-refractivity contribution < 1.29 is 13.5 Å². The topological polar surface area (TPSA) is 57.6 Å². The van der Waals surface area contributed by atoms with Gasteiger partial charge in [0.15, 0.2) is 9.84 Å². The summed E-state index contributed by atoms with van der Waals surface area (Å²) in [6, 6.07) is 0.273. The Morgan fingerprint density at radius 2 is 1.88 bits per heavy atom. The Morgan fingerprint density at radius 3 is 2.44 bits per heavy atom. The van der Waals surface area contributed by atoms with Crippen molar-refractivity contribution in [2.75, 3.05) is 18.6 Å². The van der Waals surface area contributed by atoms with E-state index < -0.39 is 9.84 Å². The predicted molar refractivity (Wildman–Crippen MR) is 63.1 cm³/mol. The first-order valence-electron chi connectivity index (χ1n) is 6.10. The predicted octanol–water partition coefficient (Wildman–Crippen LogP) is 0.409. The number of likely N-dealkylation sites (N-methyl/N-ethyl adjacent to an activating group) is 1. The zero-order valence-electron chi connectivity index (χ0n) is 9.80. The summed E-state index contributed by atoms with van der Waals surface area (Å²) in [5, 5.41) is 9.94. The quantitative estimate of drug-likeness (QED) is 0.768. The van der Waals surface area contributed by atoms with E-state index in [0.717, 1.165) is 32.1 Å². The SMILES string of the molecule is CN(C1CCS(=O)(=O)C1)[C@@H]1CCCC[C@H]1O. The third-order valence-electron chi connectivity index (χ3n) is 4.00. The van der Waals surface area contributed by atoms with Gasteiger partial charge in [-0.25, -0.2) is 8.42 Å². The summed E-state index contributed by atoms with van der Waals surface area (Å²) in [5.41, 5.74) is 0. The van der Waals surface area contributed by atoms with Crippen molar-refractivity contribution in [3.63, 3.8) is 0 Å². The monoisotopic (exact) mass is 247 g/mol. The Morgan fingerprint density at radius 1 is 1.19 bits per heavy atom. The first kappa shape index (κ1) is 12.3. The molecule has 1 aliphatic carbocycles. The molecule has 2 rings (SSSR count). The Bertz CT molecular complexity index is 341. The molecule has 1 N–H and O–H groups in total. The Hall–Kier alpha value is -0.130. The smallest absolute Gasteiger partial charge is 0.151 e. The van der Waals surface area contributed by atoms with Crippen molar-refractivity contribution in [1.82, 2.24) is 4.90 Å². The lowest BCUT2D eigenvalue weighted by molar-refractivity contribution is 0.0173. The first-order valence-corrected chi connectivity index (χ1v) is 7.92. The van der Waals surface area contributed by atoms with Gasteiger partial charge in [0.05, 0.1) is 17.6 Å². The van der Waals surface area contributed by atoms with Crippen molar-refractivity contribution in [2.24, 2.45) is 0 Å². The fourth-order valence-corrected chi connectivity index (χ4v) is 4.72. The number of nitrogens with zero attached hydrogens (tertiary/aromatic N) is 1. The van der Waals surface area contributed by atoms with Gasteiger partial charge in [-0.05, 0) is 26.3 Å². The van der Waals surface area contributed by atoms with E-state index in [2.05, 4.69) is 4.90 Å². The van der Waals surface area contributed by atoms with Crippen LogP contribution >= 0.6 is 0 Å². The summed E-state index contributed by atoms with van der Waals surface area (Å²) in [5.74, 6) is 0.581. The van der Waals surface area contributed by atoms with Crippen LogP contribution in [0, 0.1) is 0 Å². The molecule has 5 heteroatoms. The molecule has 0 spiro atoms. The Labute approximate surface area is 97.6 Å². The van der Waals surface area contributed by atoms with Crippen molar-refractivity contribution in [1.29, 1.82) is 0 Å². The Balaban J connectivity index is 1.99. The number of sulfone groups is 1. The van der Waals surface area contributed by atoms with Gasteiger partial charge in [0.2, 0.25) is 0 Å². The summed E-state index contributed by atoms with van der Waals surface area (Å²) in [6.07, 6.45) is 4.53. The molecule has 1 aliphatic heterocycles. The van der Waals surface area contributed by atoms with E-state index >= 15 is 0 Å². The Kier molecular flexibility index (Phi) is 3.56. The van der Waals surface area contributed by atoms with E-state index in [-0.39, 0.29) is 23.9 Å². The second-order valence-corrected chi connectivity index (χ2v) is 7.37. The van der Waals surface area contributed by atoms with Crippen LogP contribution in [0.5, 0.6) is 0 Å². The second-order valence-electron chi connectivity index (χ2n) is 5.14. The van der Waals surface area contributed by atoms with Crippen molar-refractivity contribution in [3.8, 4) is 0 Å². The summed E-state index contributed by atoms with van der Waals surface area (Å²) in [7, 11) is -0.857. The maximum atomic E-state index is 11.4. The first-order chi connectivity index (χ1) is 7.49. The van der Waals surface area contributed by atoms with E-state index in [1.54, 1.807) is 0 Å². The summed E-state index contributed by atoms with van der Waals surface area (Å²) >= 11 is 0. The van der Waals surface area contributed by atoms with E-state index in [1.165, 1.54) is 0 Å². The van der Waals surface area contributed by atoms with Crippen LogP contribution in [-0.4, -0.2) is 55.2 Å². The summed E-state index contributed by atoms with van der Waals surface area (Å²) in [6.45, 7) is 0. The number of aliphatic hydroxyl groups is 1. The normalized spacial score (nSPS) is 39.1. The molecule has 1 heterocycles. The van der Waals surface area contributed by atoms with Gasteiger partial charge in [0.25, 0.3) is 0 Å². The number of hydrogen-bond acceptors (Lipinski definition) is 4. The van der Waals surface area contributed by atoms with Crippen LogP contribution < -0.4 is 0 Å². The molecule has 0 radical (unpaired) electrons. The lowest BCUT2D eigenvalue weighted by Gasteiger charge is -2.38. The second kappa shape index (κ2) is 4.63. The third-order valence-corrected chi connectivity index (χ3v) is 5.75. The largest absolute Gasteiger partial charge is 0.391 e. The van der Waals surface area contributed by atoms with Crippen molar-refractivity contribution >= 4 is 9.84 Å². The zero-order chi connectivity index (χ0) is 11.8. The fraction of sp³-hybridized carbons (Fsp3) is 1.00. The van der Waals surface area contributed by atoms with Crippen LogP contribution in [0.3, 0.4) is 0 Å². The van der Waals surface area contributed by atoms with Crippen molar-refractivity contribution in [2.45, 2.75) is 50.3 Å². The average Bonchev–Trinajstić information content (AvgIpc) is 2.59. The van der Waals surface area contributed by atoms with E-state index in [0.29, 0.717) is 5.75 Å². The maximum Gasteiger partial charge on any atom is 0.151 e. The van der Waals surface area contributed by atoms with Crippen LogP contribution in [0.1, 0.15) is 32.1 Å². The summed E-state index contributed by atoms with van der Waals surface area (Å²) < 4.78 is 22.8. The van der Waals surface area contributed by atoms with Gasteiger partial charge >= 0.3 is 0 Å². The van der Waals surface area contributed by atoms with Crippen LogP contribution in [0.4, 0.5) is 0 Å². The molecule has 2 aliphatic rings. The van der Waals surface area contributed by atoms with E-state index in [4.69, 9.17) is 0 Å². The van der Waals surface area contributed by atoms with Gasteiger partial charge in [-0.1, -0.05) is 12.8 Å². The summed E-state index contributed by atoms with van der Waals surface area (Å²) in [4.78, 5) is 2.11. The van der Waals surface area contributed by atoms with Gasteiger partial charge in [-0.3, -0.25) is 4.90 Å². The molecule has 0 amide bonds. The molecular formula is C11H21NO3S. The fourth-order valence-electron chi connectivity index (χ4n) is 2.93. The molecule has 3 atom stereocenters. The van der Waals surface area contributed by atoms with Gasteiger partial charge in [0.1, 0.15) is 0 Å². The molecule has 0 aromatic rings. The highest BCUT2D eigenvalue weighted by molar-refractivity contribution is 7.91. The number of hydrogen-bond donors (Lipinski definition) is 1. The van der Waals surface area contributed by atoms with Gasteiger partial charge in [-0.15, -0.1) is 0 Å². The molecule has 0 aromatic heterocycles. The lowest BCUT2D eigenvalue weighted by Crippen LogP contribution is -2.48. The van der Waals surface area contributed by atoms with Crippen LogP contribution in [0.25, 0.3) is 0 Å². The van der Waals surface area contributed by atoms with E-state index in [9.17, 15) is 13.5 Å².